The summed E-state index contributed by atoms with van der Waals surface area (Å²) in [4.78, 5) is 17.0. The Hall–Kier alpha value is -4.20. The van der Waals surface area contributed by atoms with Gasteiger partial charge in [0.15, 0.2) is 18.0 Å². The Balaban J connectivity index is 1.48. The summed E-state index contributed by atoms with van der Waals surface area (Å²) in [6, 6.07) is 16.3. The van der Waals surface area contributed by atoms with Crippen molar-refractivity contribution in [2.24, 2.45) is 0 Å². The largest absolute Gasteiger partial charge is 0.497 e. The monoisotopic (exact) mass is 432 g/mol. The molecule has 0 atom stereocenters. The smallest absolute Gasteiger partial charge is 0.262 e. The van der Waals surface area contributed by atoms with E-state index in [1.807, 2.05) is 48.0 Å². The van der Waals surface area contributed by atoms with Crippen molar-refractivity contribution in [3.8, 4) is 28.5 Å². The van der Waals surface area contributed by atoms with E-state index in [0.717, 1.165) is 17.0 Å². The van der Waals surface area contributed by atoms with Crippen LogP contribution in [0.2, 0.25) is 0 Å². The highest BCUT2D eigenvalue weighted by atomic mass is 16.5. The summed E-state index contributed by atoms with van der Waals surface area (Å²) in [5.41, 5.74) is 9.50. The Labute approximate surface area is 185 Å². The number of hydrogen-bond donors (Lipinski definition) is 2. The topological polar surface area (TPSA) is 100 Å². The first-order valence-corrected chi connectivity index (χ1v) is 10.1. The Kier molecular flexibility index (Phi) is 6.12. The number of ether oxygens (including phenoxy) is 3. The zero-order valence-corrected chi connectivity index (χ0v) is 17.9. The van der Waals surface area contributed by atoms with Crippen molar-refractivity contribution in [1.82, 2.24) is 9.38 Å². The molecule has 1 amide bonds. The van der Waals surface area contributed by atoms with Crippen molar-refractivity contribution in [2.45, 2.75) is 6.92 Å². The zero-order chi connectivity index (χ0) is 22.5. The summed E-state index contributed by atoms with van der Waals surface area (Å²) in [7, 11) is 1.59. The third kappa shape index (κ3) is 4.59. The van der Waals surface area contributed by atoms with Crippen molar-refractivity contribution < 1.29 is 19.0 Å². The number of imidazole rings is 1. The van der Waals surface area contributed by atoms with E-state index in [1.54, 1.807) is 37.4 Å². The van der Waals surface area contributed by atoms with E-state index in [2.05, 4.69) is 10.3 Å². The fourth-order valence-corrected chi connectivity index (χ4v) is 3.25. The predicted octanol–water partition coefficient (Wildman–Crippen LogP) is 4.01. The minimum absolute atomic E-state index is 0.149. The van der Waals surface area contributed by atoms with Crippen LogP contribution in [0, 0.1) is 0 Å². The fourth-order valence-electron chi connectivity index (χ4n) is 3.25. The molecule has 0 radical (unpaired) electrons. The zero-order valence-electron chi connectivity index (χ0n) is 17.9. The fraction of sp³-hybridized carbons (Fsp3) is 0.167. The molecule has 0 fully saturated rings. The van der Waals surface area contributed by atoms with Gasteiger partial charge >= 0.3 is 0 Å². The summed E-state index contributed by atoms with van der Waals surface area (Å²) < 4.78 is 18.2. The maximum Gasteiger partial charge on any atom is 0.262 e. The molecule has 0 bridgehead atoms. The number of benzene rings is 2. The second-order valence-corrected chi connectivity index (χ2v) is 6.98. The van der Waals surface area contributed by atoms with Crippen LogP contribution in [0.5, 0.6) is 17.2 Å². The number of carbonyl (C=O) groups excluding carboxylic acids is 1. The molecular weight excluding hydrogens is 408 g/mol. The number of carbonyl (C=O) groups is 1. The lowest BCUT2D eigenvalue weighted by molar-refractivity contribution is -0.118. The highest BCUT2D eigenvalue weighted by Gasteiger charge is 2.12. The molecule has 0 unspecified atom stereocenters. The number of amides is 1. The summed E-state index contributed by atoms with van der Waals surface area (Å²) in [5, 5.41) is 2.79. The normalized spacial score (nSPS) is 10.7. The SMILES string of the molecule is CCOc1ccc(-c2cn3cccc(OCC(=O)Nc4ccc(OC)cc4)c3n2)cc1N. The van der Waals surface area contributed by atoms with Crippen LogP contribution < -0.4 is 25.3 Å². The first-order chi connectivity index (χ1) is 15.6. The second kappa shape index (κ2) is 9.30. The van der Waals surface area contributed by atoms with Gasteiger partial charge in [-0.2, -0.15) is 0 Å². The van der Waals surface area contributed by atoms with Crippen molar-refractivity contribution in [2.75, 3.05) is 31.4 Å². The van der Waals surface area contributed by atoms with Crippen LogP contribution in [0.25, 0.3) is 16.9 Å². The number of methoxy groups -OCH3 is 1. The van der Waals surface area contributed by atoms with Gasteiger partial charge in [0.05, 0.1) is 25.1 Å². The highest BCUT2D eigenvalue weighted by Crippen LogP contribution is 2.30. The van der Waals surface area contributed by atoms with Gasteiger partial charge in [0.1, 0.15) is 11.5 Å². The molecule has 3 N–H and O–H groups in total. The molecule has 4 aromatic rings. The van der Waals surface area contributed by atoms with Gasteiger partial charge in [-0.15, -0.1) is 0 Å². The van der Waals surface area contributed by atoms with Crippen LogP contribution >= 0.6 is 0 Å². The maximum atomic E-state index is 12.3. The number of nitrogens with zero attached hydrogens (tertiary/aromatic N) is 2. The number of rotatable bonds is 8. The van der Waals surface area contributed by atoms with Crippen LogP contribution in [-0.4, -0.2) is 35.6 Å². The first-order valence-electron chi connectivity index (χ1n) is 10.1. The molecule has 2 aromatic carbocycles. The molecule has 4 rings (SSSR count). The minimum atomic E-state index is -0.275. The van der Waals surface area contributed by atoms with Crippen LogP contribution in [0.1, 0.15) is 6.92 Å². The maximum absolute atomic E-state index is 12.3. The Bertz CT molecular complexity index is 1230. The van der Waals surface area contributed by atoms with Crippen molar-refractivity contribution in [3.05, 3.63) is 67.0 Å². The molecule has 0 aliphatic rings. The number of nitrogens with two attached hydrogens (primary N) is 1. The van der Waals surface area contributed by atoms with Gasteiger partial charge in [-0.1, -0.05) is 0 Å². The van der Waals surface area contributed by atoms with E-state index in [4.69, 9.17) is 19.9 Å². The number of fused-ring (bicyclic) bond motifs is 1. The number of anilines is 2. The molecule has 0 saturated carbocycles. The van der Waals surface area contributed by atoms with Gasteiger partial charge in [0.2, 0.25) is 0 Å². The van der Waals surface area contributed by atoms with Gasteiger partial charge in [0, 0.05) is 23.6 Å². The Morgan fingerprint density at radius 2 is 1.91 bits per heavy atom. The quantitative estimate of drug-likeness (QED) is 0.408. The second-order valence-electron chi connectivity index (χ2n) is 6.98. The third-order valence-electron chi connectivity index (χ3n) is 4.78. The Morgan fingerprint density at radius 1 is 1.09 bits per heavy atom. The lowest BCUT2D eigenvalue weighted by atomic mass is 10.1. The number of pyridine rings is 1. The van der Waals surface area contributed by atoms with Crippen LogP contribution in [0.3, 0.4) is 0 Å². The summed E-state index contributed by atoms with van der Waals surface area (Å²) in [6.07, 6.45) is 3.75. The van der Waals surface area contributed by atoms with E-state index >= 15 is 0 Å². The number of hydrogen-bond acceptors (Lipinski definition) is 6. The van der Waals surface area contributed by atoms with Gasteiger partial charge in [-0.3, -0.25) is 4.79 Å². The molecule has 0 aliphatic carbocycles. The molecule has 0 spiro atoms. The van der Waals surface area contributed by atoms with Crippen LogP contribution in [-0.2, 0) is 4.79 Å². The van der Waals surface area contributed by atoms with Gasteiger partial charge in [-0.05, 0) is 61.5 Å². The predicted molar refractivity (Wildman–Crippen MR) is 123 cm³/mol. The number of nitrogen functional groups attached to an aromatic ring is 1. The van der Waals surface area contributed by atoms with Crippen LogP contribution in [0.15, 0.2) is 67.0 Å². The summed E-state index contributed by atoms with van der Waals surface area (Å²) >= 11 is 0. The number of nitrogens with one attached hydrogen (secondary N) is 1. The van der Waals surface area contributed by atoms with Gasteiger partial charge < -0.3 is 29.7 Å². The van der Waals surface area contributed by atoms with E-state index in [9.17, 15) is 4.79 Å². The first kappa shape index (κ1) is 21.0. The minimum Gasteiger partial charge on any atom is -0.497 e. The average molecular weight is 432 g/mol. The summed E-state index contributed by atoms with van der Waals surface area (Å²) in [6.45, 7) is 2.31. The molecule has 2 aromatic heterocycles. The molecule has 0 aliphatic heterocycles. The number of aromatic nitrogens is 2. The molecule has 8 heteroatoms. The van der Waals surface area contributed by atoms with Crippen molar-refractivity contribution in [1.29, 1.82) is 0 Å². The molecule has 164 valence electrons. The standard InChI is InChI=1S/C24H24N4O4/c1-3-31-21-11-6-16(13-19(21)25)20-14-28-12-4-5-22(24(28)27-20)32-15-23(29)26-17-7-9-18(30-2)10-8-17/h4-14H,3,15,25H2,1-2H3,(H,26,29). The third-order valence-corrected chi connectivity index (χ3v) is 4.78. The molecular formula is C24H24N4O4. The summed E-state index contributed by atoms with van der Waals surface area (Å²) in [5.74, 6) is 1.59. The lowest BCUT2D eigenvalue weighted by Crippen LogP contribution is -2.20. The highest BCUT2D eigenvalue weighted by molar-refractivity contribution is 5.92. The van der Waals surface area contributed by atoms with E-state index < -0.39 is 0 Å². The van der Waals surface area contributed by atoms with Crippen molar-refractivity contribution in [3.63, 3.8) is 0 Å². The van der Waals surface area contributed by atoms with Gasteiger partial charge in [-0.25, -0.2) is 4.98 Å². The molecule has 8 nitrogen and oxygen atoms in total. The van der Waals surface area contributed by atoms with Crippen molar-refractivity contribution >= 4 is 22.9 Å². The van der Waals surface area contributed by atoms with Crippen LogP contribution in [0.4, 0.5) is 11.4 Å². The average Bonchev–Trinajstić information content (AvgIpc) is 3.25. The molecule has 2 heterocycles. The molecule has 32 heavy (non-hydrogen) atoms. The van der Waals surface area contributed by atoms with E-state index in [1.165, 1.54) is 0 Å². The van der Waals surface area contributed by atoms with Gasteiger partial charge in [0.25, 0.3) is 5.91 Å². The Morgan fingerprint density at radius 3 is 2.62 bits per heavy atom. The van der Waals surface area contributed by atoms with E-state index in [0.29, 0.717) is 35.1 Å². The molecule has 0 saturated heterocycles. The lowest BCUT2D eigenvalue weighted by Gasteiger charge is -2.09. The van der Waals surface area contributed by atoms with E-state index in [-0.39, 0.29) is 12.5 Å².